The third kappa shape index (κ3) is 5.42. The molecule has 0 fully saturated rings. The molecule has 0 amide bonds. The Morgan fingerprint density at radius 3 is 1.28 bits per heavy atom. The highest BCUT2D eigenvalue weighted by molar-refractivity contribution is 7.93. The fourth-order valence-electron chi connectivity index (χ4n) is 4.05. The third-order valence-electron chi connectivity index (χ3n) is 6.41. The van der Waals surface area contributed by atoms with E-state index in [0.29, 0.717) is 0 Å². The highest BCUT2D eigenvalue weighted by Crippen LogP contribution is 2.32. The van der Waals surface area contributed by atoms with Crippen LogP contribution in [-0.4, -0.2) is 44.2 Å². The molecular formula is C27H28O7S2. The number of aryl methyl sites for hydroxylation is 2. The molecule has 0 aliphatic rings. The molecule has 0 radical (unpaired) electrons. The molecule has 2 atom stereocenters. The fraction of sp³-hybridized carbons (Fsp3) is 0.259. The predicted molar refractivity (Wildman–Crippen MR) is 137 cm³/mol. The highest BCUT2D eigenvalue weighted by atomic mass is 32.2. The van der Waals surface area contributed by atoms with E-state index in [1.807, 2.05) is 13.8 Å². The second kappa shape index (κ2) is 10.4. The normalized spacial score (nSPS) is 14.6. The van der Waals surface area contributed by atoms with E-state index in [1.165, 1.54) is 62.4 Å². The molecule has 0 bridgehead atoms. The maximum Gasteiger partial charge on any atom is 0.335 e. The van der Waals surface area contributed by atoms with Crippen molar-refractivity contribution in [1.29, 1.82) is 0 Å². The number of aromatic carboxylic acids is 1. The van der Waals surface area contributed by atoms with E-state index in [1.54, 1.807) is 24.3 Å². The summed E-state index contributed by atoms with van der Waals surface area (Å²) in [6.07, 6.45) is 0. The van der Waals surface area contributed by atoms with E-state index in [0.717, 1.165) is 11.1 Å². The molecule has 0 saturated carbocycles. The van der Waals surface area contributed by atoms with Crippen molar-refractivity contribution in [2.45, 2.75) is 48.0 Å². The first-order valence-electron chi connectivity index (χ1n) is 11.3. The van der Waals surface area contributed by atoms with Crippen molar-refractivity contribution in [3.63, 3.8) is 0 Å². The van der Waals surface area contributed by atoms with Crippen LogP contribution < -0.4 is 0 Å². The molecule has 0 heterocycles. The molecule has 3 aromatic carbocycles. The summed E-state index contributed by atoms with van der Waals surface area (Å²) in [7, 11) is -8.21. The van der Waals surface area contributed by atoms with Crippen LogP contribution in [0.5, 0.6) is 0 Å². The van der Waals surface area contributed by atoms with Crippen molar-refractivity contribution in [3.8, 4) is 0 Å². The Bertz CT molecular complexity index is 1390. The maximum absolute atomic E-state index is 13.7. The highest BCUT2D eigenvalue weighted by Gasteiger charge is 2.44. The number of hydrogen-bond acceptors (Lipinski definition) is 6. The van der Waals surface area contributed by atoms with Gasteiger partial charge in [-0.3, -0.25) is 4.79 Å². The van der Waals surface area contributed by atoms with E-state index in [4.69, 9.17) is 5.11 Å². The number of sulfone groups is 2. The van der Waals surface area contributed by atoms with Crippen molar-refractivity contribution in [2.24, 2.45) is 5.92 Å². The minimum absolute atomic E-state index is 0.0143. The molecule has 3 aromatic rings. The van der Waals surface area contributed by atoms with Crippen LogP contribution in [0.1, 0.15) is 45.7 Å². The lowest BCUT2D eigenvalue weighted by Gasteiger charge is -2.28. The first-order chi connectivity index (χ1) is 16.8. The van der Waals surface area contributed by atoms with E-state index in [-0.39, 0.29) is 20.9 Å². The van der Waals surface area contributed by atoms with Crippen molar-refractivity contribution < 1.29 is 31.5 Å². The monoisotopic (exact) mass is 528 g/mol. The van der Waals surface area contributed by atoms with Crippen molar-refractivity contribution >= 4 is 31.4 Å². The molecule has 0 aliphatic carbocycles. The van der Waals surface area contributed by atoms with Crippen LogP contribution in [0.4, 0.5) is 0 Å². The zero-order valence-electron chi connectivity index (χ0n) is 20.4. The summed E-state index contributed by atoms with van der Waals surface area (Å²) in [4.78, 5) is 24.9. The van der Waals surface area contributed by atoms with Crippen LogP contribution >= 0.6 is 0 Å². The average Bonchev–Trinajstić information content (AvgIpc) is 2.84. The van der Waals surface area contributed by atoms with Gasteiger partial charge in [0.1, 0.15) is 0 Å². The number of carbonyl (C=O) groups excluding carboxylic acids is 1. The SMILES string of the molecule is Cc1ccc(S(=O)(=O)C(C)C(C(=O)c2ccc(C(=O)O)cc2)C(C)S(=O)(=O)c2ccc(C)cc2)cc1. The summed E-state index contributed by atoms with van der Waals surface area (Å²) in [5.74, 6) is -3.34. The van der Waals surface area contributed by atoms with Crippen molar-refractivity contribution in [3.05, 3.63) is 95.1 Å². The molecule has 2 unspecified atom stereocenters. The Morgan fingerprint density at radius 1 is 0.611 bits per heavy atom. The van der Waals surface area contributed by atoms with Crippen LogP contribution in [0.15, 0.2) is 82.6 Å². The Kier molecular flexibility index (Phi) is 7.85. The minimum Gasteiger partial charge on any atom is -0.478 e. The Labute approximate surface area is 211 Å². The van der Waals surface area contributed by atoms with Gasteiger partial charge in [-0.05, 0) is 64.1 Å². The summed E-state index contributed by atoms with van der Waals surface area (Å²) in [5.41, 5.74) is 1.68. The van der Waals surface area contributed by atoms with Crippen LogP contribution in [0, 0.1) is 19.8 Å². The number of carboxylic acid groups (broad SMARTS) is 1. The van der Waals surface area contributed by atoms with Gasteiger partial charge in [-0.2, -0.15) is 0 Å². The van der Waals surface area contributed by atoms with Crippen molar-refractivity contribution in [2.75, 3.05) is 0 Å². The van der Waals surface area contributed by atoms with E-state index < -0.39 is 47.8 Å². The molecule has 36 heavy (non-hydrogen) atoms. The third-order valence-corrected chi connectivity index (χ3v) is 10.8. The van der Waals surface area contributed by atoms with Crippen molar-refractivity contribution in [1.82, 2.24) is 0 Å². The summed E-state index contributed by atoms with van der Waals surface area (Å²) >= 11 is 0. The van der Waals surface area contributed by atoms with Gasteiger partial charge in [-0.1, -0.05) is 47.5 Å². The fourth-order valence-corrected chi connectivity index (χ4v) is 7.53. The number of carbonyl (C=O) groups is 2. The Hall–Kier alpha value is -3.30. The molecule has 0 saturated heterocycles. The van der Waals surface area contributed by atoms with Crippen LogP contribution in [0.3, 0.4) is 0 Å². The molecule has 9 heteroatoms. The number of rotatable bonds is 9. The number of carboxylic acids is 1. The average molecular weight is 529 g/mol. The number of Topliss-reactive ketones (excluding diaryl/α,β-unsaturated/α-hetero) is 1. The first kappa shape index (κ1) is 27.3. The van der Waals surface area contributed by atoms with Gasteiger partial charge < -0.3 is 5.11 Å². The number of ketones is 1. The Balaban J connectivity index is 2.13. The van der Waals surface area contributed by atoms with Gasteiger partial charge in [0.05, 0.1) is 31.8 Å². The standard InChI is InChI=1S/C27H28O7S2/c1-17-5-13-23(14-6-17)35(31,32)19(3)25(26(28)21-9-11-22(12-10-21)27(29)30)20(4)36(33,34)24-15-7-18(2)8-16-24/h5-16,19-20,25H,1-4H3,(H,29,30). The number of benzene rings is 3. The van der Waals surface area contributed by atoms with Gasteiger partial charge in [-0.15, -0.1) is 0 Å². The largest absolute Gasteiger partial charge is 0.478 e. The maximum atomic E-state index is 13.7. The summed E-state index contributed by atoms with van der Waals surface area (Å²) < 4.78 is 54.2. The van der Waals surface area contributed by atoms with Gasteiger partial charge in [-0.25, -0.2) is 21.6 Å². The van der Waals surface area contributed by atoms with E-state index in [2.05, 4.69) is 0 Å². The van der Waals surface area contributed by atoms with Gasteiger partial charge >= 0.3 is 5.97 Å². The molecule has 1 N–H and O–H groups in total. The van der Waals surface area contributed by atoms with Crippen LogP contribution in [0.25, 0.3) is 0 Å². The molecule has 190 valence electrons. The second-order valence-electron chi connectivity index (χ2n) is 8.90. The zero-order chi connectivity index (χ0) is 26.8. The second-order valence-corrected chi connectivity index (χ2v) is 13.5. The summed E-state index contributed by atoms with van der Waals surface area (Å²) in [6, 6.07) is 17.3. The molecule has 3 rings (SSSR count). The lowest BCUT2D eigenvalue weighted by atomic mass is 9.91. The molecule has 0 spiro atoms. The molecule has 7 nitrogen and oxygen atoms in total. The van der Waals surface area contributed by atoms with Crippen LogP contribution in [-0.2, 0) is 19.7 Å². The lowest BCUT2D eigenvalue weighted by Crippen LogP contribution is -2.43. The molecular weight excluding hydrogens is 500 g/mol. The van der Waals surface area contributed by atoms with Gasteiger partial charge in [0.25, 0.3) is 0 Å². The van der Waals surface area contributed by atoms with Crippen LogP contribution in [0.2, 0.25) is 0 Å². The quantitative estimate of drug-likeness (QED) is 0.405. The molecule has 0 aromatic heterocycles. The van der Waals surface area contributed by atoms with E-state index in [9.17, 15) is 26.4 Å². The number of hydrogen-bond donors (Lipinski definition) is 1. The summed E-state index contributed by atoms with van der Waals surface area (Å²) in [5, 5.41) is 6.39. The van der Waals surface area contributed by atoms with E-state index >= 15 is 0 Å². The Morgan fingerprint density at radius 2 is 0.944 bits per heavy atom. The summed E-state index contributed by atoms with van der Waals surface area (Å²) in [6.45, 7) is 6.29. The molecule has 0 aliphatic heterocycles. The van der Waals surface area contributed by atoms with Gasteiger partial charge in [0.15, 0.2) is 25.5 Å². The lowest BCUT2D eigenvalue weighted by molar-refractivity contribution is 0.0696. The minimum atomic E-state index is -4.10. The smallest absolute Gasteiger partial charge is 0.335 e. The van der Waals surface area contributed by atoms with Gasteiger partial charge in [0, 0.05) is 5.56 Å². The van der Waals surface area contributed by atoms with Gasteiger partial charge in [0.2, 0.25) is 0 Å². The predicted octanol–water partition coefficient (Wildman–Crippen LogP) is 4.53. The first-order valence-corrected chi connectivity index (χ1v) is 14.3. The zero-order valence-corrected chi connectivity index (χ0v) is 22.0. The topological polar surface area (TPSA) is 123 Å².